The number of piperidine rings is 1. The molecular formula is C22H34N6O2. The third kappa shape index (κ3) is 4.43. The molecule has 0 saturated carbocycles. The Balaban J connectivity index is 1.43. The number of aromatic nitrogens is 2. The summed E-state index contributed by atoms with van der Waals surface area (Å²) in [6, 6.07) is 0. The minimum atomic E-state index is 0.118. The largest absolute Gasteiger partial charge is 0.373 e. The Labute approximate surface area is 179 Å². The molecule has 0 aromatic carbocycles. The third-order valence-corrected chi connectivity index (χ3v) is 6.89. The molecule has 2 amide bonds. The van der Waals surface area contributed by atoms with Crippen LogP contribution in [0.4, 0.5) is 5.82 Å². The van der Waals surface area contributed by atoms with E-state index >= 15 is 0 Å². The van der Waals surface area contributed by atoms with Crippen LogP contribution in [0.2, 0.25) is 0 Å². The van der Waals surface area contributed by atoms with Gasteiger partial charge in [-0.15, -0.1) is 0 Å². The quantitative estimate of drug-likeness (QED) is 0.804. The second-order valence-electron chi connectivity index (χ2n) is 9.08. The number of rotatable bonds is 4. The van der Waals surface area contributed by atoms with E-state index < -0.39 is 0 Å². The van der Waals surface area contributed by atoms with Crippen molar-refractivity contribution in [2.75, 3.05) is 51.6 Å². The maximum atomic E-state index is 12.8. The van der Waals surface area contributed by atoms with Crippen molar-refractivity contribution >= 4 is 17.6 Å². The first kappa shape index (κ1) is 21.0. The van der Waals surface area contributed by atoms with E-state index in [9.17, 15) is 9.59 Å². The Hall–Kier alpha value is -2.22. The number of fused-ring (bicyclic) bond motifs is 1. The van der Waals surface area contributed by atoms with E-state index in [0.717, 1.165) is 80.7 Å². The molecule has 2 fully saturated rings. The third-order valence-electron chi connectivity index (χ3n) is 6.89. The van der Waals surface area contributed by atoms with Gasteiger partial charge in [0.2, 0.25) is 11.8 Å². The second-order valence-corrected chi connectivity index (χ2v) is 9.08. The van der Waals surface area contributed by atoms with Gasteiger partial charge in [-0.2, -0.15) is 0 Å². The van der Waals surface area contributed by atoms with E-state index in [1.807, 2.05) is 16.8 Å². The van der Waals surface area contributed by atoms with Crippen molar-refractivity contribution < 1.29 is 9.59 Å². The highest BCUT2D eigenvalue weighted by atomic mass is 16.2. The van der Waals surface area contributed by atoms with Crippen LogP contribution in [-0.4, -0.2) is 82.8 Å². The monoisotopic (exact) mass is 414 g/mol. The standard InChI is InChI=1S/C22H34N6O2/c1-15-4-9-27(10-5-15)20(30)14-26-8-7-19-18(13-26)22(23-3)25-21(24-19)17-6-11-28(12-17)16(2)29/h15,17H,4-14H2,1-3H3,(H,23,24,25)/t17-/m0/s1. The zero-order valence-electron chi connectivity index (χ0n) is 18.5. The molecule has 2 saturated heterocycles. The summed E-state index contributed by atoms with van der Waals surface area (Å²) in [5.74, 6) is 2.99. The smallest absolute Gasteiger partial charge is 0.236 e. The van der Waals surface area contributed by atoms with Crippen LogP contribution in [0.5, 0.6) is 0 Å². The number of nitrogens with zero attached hydrogens (tertiary/aromatic N) is 5. The zero-order valence-corrected chi connectivity index (χ0v) is 18.5. The molecule has 0 radical (unpaired) electrons. The Morgan fingerprint density at radius 1 is 1.07 bits per heavy atom. The molecule has 0 aliphatic carbocycles. The Morgan fingerprint density at radius 2 is 1.80 bits per heavy atom. The van der Waals surface area contributed by atoms with Gasteiger partial charge in [-0.3, -0.25) is 14.5 Å². The number of likely N-dealkylation sites (tertiary alicyclic amines) is 2. The number of anilines is 1. The van der Waals surface area contributed by atoms with E-state index in [1.165, 1.54) is 0 Å². The molecule has 1 aromatic heterocycles. The Bertz CT molecular complexity index is 788. The highest BCUT2D eigenvalue weighted by molar-refractivity contribution is 5.78. The van der Waals surface area contributed by atoms with Crippen molar-refractivity contribution in [2.24, 2.45) is 5.92 Å². The normalized spacial score (nSPS) is 22.8. The van der Waals surface area contributed by atoms with Crippen molar-refractivity contribution in [1.82, 2.24) is 24.7 Å². The predicted octanol–water partition coefficient (Wildman–Crippen LogP) is 1.47. The summed E-state index contributed by atoms with van der Waals surface area (Å²) in [5.41, 5.74) is 2.19. The number of hydrogen-bond acceptors (Lipinski definition) is 6. The average molecular weight is 415 g/mol. The minimum absolute atomic E-state index is 0.118. The molecule has 4 rings (SSSR count). The number of carbonyl (C=O) groups is 2. The summed E-state index contributed by atoms with van der Waals surface area (Å²) in [4.78, 5) is 40.3. The fraction of sp³-hybridized carbons (Fsp3) is 0.727. The summed E-state index contributed by atoms with van der Waals surface area (Å²) in [6.45, 7) is 9.14. The molecule has 0 bridgehead atoms. The van der Waals surface area contributed by atoms with Crippen molar-refractivity contribution in [1.29, 1.82) is 0 Å². The predicted molar refractivity (Wildman–Crippen MR) is 115 cm³/mol. The lowest BCUT2D eigenvalue weighted by Gasteiger charge is -2.34. The molecule has 1 aromatic rings. The number of hydrogen-bond donors (Lipinski definition) is 1. The van der Waals surface area contributed by atoms with Gasteiger partial charge in [0.05, 0.1) is 12.2 Å². The van der Waals surface area contributed by atoms with Gasteiger partial charge >= 0.3 is 0 Å². The first-order valence-corrected chi connectivity index (χ1v) is 11.3. The molecule has 1 N–H and O–H groups in total. The Morgan fingerprint density at radius 3 is 2.47 bits per heavy atom. The van der Waals surface area contributed by atoms with Gasteiger partial charge in [0.1, 0.15) is 11.6 Å². The van der Waals surface area contributed by atoms with E-state index in [4.69, 9.17) is 9.97 Å². The molecule has 3 aliphatic rings. The number of amides is 2. The zero-order chi connectivity index (χ0) is 21.3. The lowest BCUT2D eigenvalue weighted by molar-refractivity contribution is -0.134. The van der Waals surface area contributed by atoms with Gasteiger partial charge in [0, 0.05) is 71.1 Å². The van der Waals surface area contributed by atoms with Crippen LogP contribution in [0.15, 0.2) is 0 Å². The summed E-state index contributed by atoms with van der Waals surface area (Å²) in [6.07, 6.45) is 3.96. The van der Waals surface area contributed by atoms with Gasteiger partial charge in [-0.05, 0) is 25.2 Å². The molecule has 3 aliphatic heterocycles. The van der Waals surface area contributed by atoms with Crippen LogP contribution in [0.25, 0.3) is 0 Å². The molecule has 1 atom stereocenters. The average Bonchev–Trinajstić information content (AvgIpc) is 3.24. The summed E-state index contributed by atoms with van der Waals surface area (Å²) in [5, 5.41) is 3.24. The highest BCUT2D eigenvalue weighted by Crippen LogP contribution is 2.30. The lowest BCUT2D eigenvalue weighted by Crippen LogP contribution is -2.45. The summed E-state index contributed by atoms with van der Waals surface area (Å²) < 4.78 is 0. The first-order valence-electron chi connectivity index (χ1n) is 11.3. The Kier molecular flexibility index (Phi) is 6.22. The van der Waals surface area contributed by atoms with Crippen LogP contribution in [0.3, 0.4) is 0 Å². The molecule has 0 unspecified atom stereocenters. The number of carbonyl (C=O) groups excluding carboxylic acids is 2. The van der Waals surface area contributed by atoms with Crippen LogP contribution in [-0.2, 0) is 22.6 Å². The molecule has 4 heterocycles. The van der Waals surface area contributed by atoms with E-state index in [1.54, 1.807) is 6.92 Å². The fourth-order valence-electron chi connectivity index (χ4n) is 4.82. The molecular weight excluding hydrogens is 380 g/mol. The maximum absolute atomic E-state index is 12.8. The summed E-state index contributed by atoms with van der Waals surface area (Å²) >= 11 is 0. The SMILES string of the molecule is CNc1nc([C@H]2CCN(C(C)=O)C2)nc2c1CN(CC(=O)N1CCC(C)CC1)CC2. The van der Waals surface area contributed by atoms with Crippen molar-refractivity contribution in [3.63, 3.8) is 0 Å². The summed E-state index contributed by atoms with van der Waals surface area (Å²) in [7, 11) is 1.89. The van der Waals surface area contributed by atoms with Crippen molar-refractivity contribution in [3.05, 3.63) is 17.1 Å². The molecule has 8 nitrogen and oxygen atoms in total. The highest BCUT2D eigenvalue weighted by Gasteiger charge is 2.31. The molecule has 164 valence electrons. The van der Waals surface area contributed by atoms with E-state index in [2.05, 4.69) is 17.1 Å². The molecule has 30 heavy (non-hydrogen) atoms. The van der Waals surface area contributed by atoms with Crippen LogP contribution < -0.4 is 5.32 Å². The van der Waals surface area contributed by atoms with Gasteiger partial charge in [0.15, 0.2) is 0 Å². The molecule has 8 heteroatoms. The fourth-order valence-corrected chi connectivity index (χ4v) is 4.82. The van der Waals surface area contributed by atoms with Crippen molar-refractivity contribution in [3.8, 4) is 0 Å². The van der Waals surface area contributed by atoms with Crippen molar-refractivity contribution in [2.45, 2.75) is 52.0 Å². The van der Waals surface area contributed by atoms with E-state index in [0.29, 0.717) is 19.6 Å². The topological polar surface area (TPSA) is 81.7 Å². The van der Waals surface area contributed by atoms with Gasteiger partial charge in [-0.25, -0.2) is 9.97 Å². The van der Waals surface area contributed by atoms with Gasteiger partial charge in [0.25, 0.3) is 0 Å². The van der Waals surface area contributed by atoms with E-state index in [-0.39, 0.29) is 17.7 Å². The van der Waals surface area contributed by atoms with Crippen LogP contribution >= 0.6 is 0 Å². The lowest BCUT2D eigenvalue weighted by atomic mass is 9.99. The number of nitrogens with one attached hydrogen (secondary N) is 1. The van der Waals surface area contributed by atoms with Crippen LogP contribution in [0.1, 0.15) is 56.1 Å². The maximum Gasteiger partial charge on any atom is 0.236 e. The first-order chi connectivity index (χ1) is 14.4. The minimum Gasteiger partial charge on any atom is -0.373 e. The van der Waals surface area contributed by atoms with Gasteiger partial charge in [-0.1, -0.05) is 6.92 Å². The molecule has 0 spiro atoms. The van der Waals surface area contributed by atoms with Gasteiger partial charge < -0.3 is 15.1 Å². The second kappa shape index (κ2) is 8.88. The van der Waals surface area contributed by atoms with Crippen LogP contribution in [0, 0.1) is 5.92 Å².